The van der Waals surface area contributed by atoms with Crippen molar-refractivity contribution in [1.82, 2.24) is 4.98 Å². The van der Waals surface area contributed by atoms with Gasteiger partial charge in [0.25, 0.3) is 0 Å². The Hall–Kier alpha value is -2.11. The fourth-order valence-corrected chi connectivity index (χ4v) is 2.18. The Balaban J connectivity index is 1.87. The third kappa shape index (κ3) is 3.21. The highest BCUT2D eigenvalue weighted by atomic mass is 35.5. The smallest absolute Gasteiger partial charge is 0.227 e. The SMILES string of the molecule is OC(CCl)CNc1ccc2nc(-c3cccc(F)c3)oc2c1. The van der Waals surface area contributed by atoms with E-state index in [0.29, 0.717) is 29.1 Å². The first-order valence-corrected chi connectivity index (χ1v) is 7.33. The van der Waals surface area contributed by atoms with Crippen LogP contribution in [0.15, 0.2) is 46.9 Å². The Kier molecular flexibility index (Phi) is 4.27. The Bertz CT molecular complexity index is 791. The second-order valence-electron chi connectivity index (χ2n) is 4.90. The predicted molar refractivity (Wildman–Crippen MR) is 84.6 cm³/mol. The molecule has 2 N–H and O–H groups in total. The summed E-state index contributed by atoms with van der Waals surface area (Å²) < 4.78 is 18.9. The van der Waals surface area contributed by atoms with Gasteiger partial charge in [-0.1, -0.05) is 6.07 Å². The zero-order valence-corrected chi connectivity index (χ0v) is 12.3. The van der Waals surface area contributed by atoms with Crippen molar-refractivity contribution in [2.24, 2.45) is 0 Å². The van der Waals surface area contributed by atoms with Gasteiger partial charge in [0.15, 0.2) is 5.58 Å². The summed E-state index contributed by atoms with van der Waals surface area (Å²) in [4.78, 5) is 4.34. The van der Waals surface area contributed by atoms with Gasteiger partial charge in [-0.25, -0.2) is 9.37 Å². The van der Waals surface area contributed by atoms with Crippen LogP contribution in [0.3, 0.4) is 0 Å². The van der Waals surface area contributed by atoms with Crippen molar-refractivity contribution in [2.45, 2.75) is 6.10 Å². The maximum Gasteiger partial charge on any atom is 0.227 e. The number of halogens is 2. The minimum absolute atomic E-state index is 0.168. The number of alkyl halides is 1. The molecule has 0 bridgehead atoms. The molecule has 1 heterocycles. The molecule has 0 aliphatic rings. The van der Waals surface area contributed by atoms with E-state index in [-0.39, 0.29) is 11.7 Å². The van der Waals surface area contributed by atoms with Crippen LogP contribution in [0.4, 0.5) is 10.1 Å². The molecule has 3 rings (SSSR count). The quantitative estimate of drug-likeness (QED) is 0.705. The number of aliphatic hydroxyl groups excluding tert-OH is 1. The molecule has 114 valence electrons. The zero-order chi connectivity index (χ0) is 15.5. The van der Waals surface area contributed by atoms with Crippen LogP contribution in [0.25, 0.3) is 22.6 Å². The minimum atomic E-state index is -0.616. The summed E-state index contributed by atoms with van der Waals surface area (Å²) in [5, 5.41) is 12.5. The second-order valence-corrected chi connectivity index (χ2v) is 5.21. The number of nitrogens with zero attached hydrogens (tertiary/aromatic N) is 1. The van der Waals surface area contributed by atoms with Crippen LogP contribution in [0.2, 0.25) is 0 Å². The van der Waals surface area contributed by atoms with Crippen molar-refractivity contribution in [3.8, 4) is 11.5 Å². The molecule has 22 heavy (non-hydrogen) atoms. The van der Waals surface area contributed by atoms with E-state index in [1.807, 2.05) is 6.07 Å². The number of fused-ring (bicyclic) bond motifs is 1. The van der Waals surface area contributed by atoms with E-state index >= 15 is 0 Å². The number of oxazole rings is 1. The molecule has 0 radical (unpaired) electrons. The lowest BCUT2D eigenvalue weighted by Crippen LogP contribution is -2.20. The third-order valence-corrected chi connectivity index (χ3v) is 3.54. The first kappa shape index (κ1) is 14.8. The first-order valence-electron chi connectivity index (χ1n) is 6.80. The van der Waals surface area contributed by atoms with Crippen molar-refractivity contribution >= 4 is 28.4 Å². The summed E-state index contributed by atoms with van der Waals surface area (Å²) in [7, 11) is 0. The highest BCUT2D eigenvalue weighted by Crippen LogP contribution is 2.26. The van der Waals surface area contributed by atoms with Gasteiger partial charge in [0.2, 0.25) is 5.89 Å². The summed E-state index contributed by atoms with van der Waals surface area (Å²) >= 11 is 5.55. The predicted octanol–water partition coefficient (Wildman–Crippen LogP) is 3.65. The monoisotopic (exact) mass is 320 g/mol. The number of anilines is 1. The van der Waals surface area contributed by atoms with E-state index in [1.54, 1.807) is 24.3 Å². The van der Waals surface area contributed by atoms with Crippen molar-refractivity contribution in [3.05, 3.63) is 48.3 Å². The van der Waals surface area contributed by atoms with Gasteiger partial charge in [0, 0.05) is 23.9 Å². The van der Waals surface area contributed by atoms with Crippen molar-refractivity contribution in [1.29, 1.82) is 0 Å². The summed E-state index contributed by atoms with van der Waals surface area (Å²) in [5.74, 6) is 0.200. The number of benzene rings is 2. The number of hydrogen-bond acceptors (Lipinski definition) is 4. The molecule has 0 saturated heterocycles. The van der Waals surface area contributed by atoms with Crippen molar-refractivity contribution < 1.29 is 13.9 Å². The molecule has 3 aromatic rings. The normalized spacial score (nSPS) is 12.5. The topological polar surface area (TPSA) is 58.3 Å². The Morgan fingerprint density at radius 1 is 1.27 bits per heavy atom. The average Bonchev–Trinajstić information content (AvgIpc) is 2.95. The van der Waals surface area contributed by atoms with Crippen molar-refractivity contribution in [2.75, 3.05) is 17.7 Å². The Morgan fingerprint density at radius 2 is 2.14 bits per heavy atom. The summed E-state index contributed by atoms with van der Waals surface area (Å²) in [5.41, 5.74) is 2.65. The van der Waals surface area contributed by atoms with Crippen LogP contribution in [-0.4, -0.2) is 28.6 Å². The molecule has 1 aromatic heterocycles. The minimum Gasteiger partial charge on any atom is -0.436 e. The number of nitrogens with one attached hydrogen (secondary N) is 1. The Labute approximate surface area is 131 Å². The largest absolute Gasteiger partial charge is 0.436 e. The molecule has 0 fully saturated rings. The molecule has 1 atom stereocenters. The molecule has 0 aliphatic heterocycles. The lowest BCUT2D eigenvalue weighted by molar-refractivity contribution is 0.211. The lowest BCUT2D eigenvalue weighted by atomic mass is 10.2. The number of aliphatic hydroxyl groups is 1. The van der Waals surface area contributed by atoms with Gasteiger partial charge in [-0.3, -0.25) is 0 Å². The van der Waals surface area contributed by atoms with Gasteiger partial charge in [-0.2, -0.15) is 0 Å². The van der Waals surface area contributed by atoms with E-state index in [4.69, 9.17) is 16.0 Å². The summed E-state index contributed by atoms with van der Waals surface area (Å²) in [6.07, 6.45) is -0.616. The van der Waals surface area contributed by atoms with E-state index in [0.717, 1.165) is 5.69 Å². The van der Waals surface area contributed by atoms with Gasteiger partial charge < -0.3 is 14.8 Å². The number of hydrogen-bond donors (Lipinski definition) is 2. The van der Waals surface area contributed by atoms with Gasteiger partial charge in [0.1, 0.15) is 11.3 Å². The molecular weight excluding hydrogens is 307 g/mol. The fourth-order valence-electron chi connectivity index (χ4n) is 2.07. The fraction of sp³-hybridized carbons (Fsp3) is 0.188. The molecule has 2 aromatic carbocycles. The second kappa shape index (κ2) is 6.34. The molecule has 0 spiro atoms. The number of aromatic nitrogens is 1. The summed E-state index contributed by atoms with van der Waals surface area (Å²) in [6.45, 7) is 0.347. The zero-order valence-electron chi connectivity index (χ0n) is 11.6. The van der Waals surface area contributed by atoms with Crippen molar-refractivity contribution in [3.63, 3.8) is 0 Å². The van der Waals surface area contributed by atoms with E-state index < -0.39 is 6.10 Å². The maximum absolute atomic E-state index is 13.3. The van der Waals surface area contributed by atoms with E-state index in [9.17, 15) is 9.50 Å². The van der Waals surface area contributed by atoms with Gasteiger partial charge >= 0.3 is 0 Å². The lowest BCUT2D eigenvalue weighted by Gasteiger charge is -2.09. The van der Waals surface area contributed by atoms with Crippen LogP contribution in [0, 0.1) is 5.82 Å². The highest BCUT2D eigenvalue weighted by molar-refractivity contribution is 6.18. The molecule has 6 heteroatoms. The van der Waals surface area contributed by atoms with Crippen LogP contribution in [-0.2, 0) is 0 Å². The standard InChI is InChI=1S/C16H14ClFN2O2/c17-8-13(21)9-19-12-4-5-14-15(7-12)22-16(20-14)10-2-1-3-11(18)6-10/h1-7,13,19,21H,8-9H2. The third-order valence-electron chi connectivity index (χ3n) is 3.18. The van der Waals surface area contributed by atoms with Crippen LogP contribution < -0.4 is 5.32 Å². The molecule has 0 amide bonds. The summed E-state index contributed by atoms with van der Waals surface area (Å²) in [6, 6.07) is 11.5. The van der Waals surface area contributed by atoms with E-state index in [2.05, 4.69) is 10.3 Å². The van der Waals surface area contributed by atoms with Crippen LogP contribution in [0.5, 0.6) is 0 Å². The Morgan fingerprint density at radius 3 is 2.91 bits per heavy atom. The molecule has 1 unspecified atom stereocenters. The van der Waals surface area contributed by atoms with Crippen LogP contribution >= 0.6 is 11.6 Å². The van der Waals surface area contributed by atoms with Crippen LogP contribution in [0.1, 0.15) is 0 Å². The highest BCUT2D eigenvalue weighted by Gasteiger charge is 2.10. The molecule has 4 nitrogen and oxygen atoms in total. The van der Waals surface area contributed by atoms with E-state index in [1.165, 1.54) is 12.1 Å². The number of rotatable bonds is 5. The van der Waals surface area contributed by atoms with Gasteiger partial charge in [-0.15, -0.1) is 11.6 Å². The molecular formula is C16H14ClFN2O2. The average molecular weight is 321 g/mol. The molecule has 0 saturated carbocycles. The molecule has 0 aliphatic carbocycles. The maximum atomic E-state index is 13.3. The first-order chi connectivity index (χ1) is 10.7. The van der Waals surface area contributed by atoms with Gasteiger partial charge in [-0.05, 0) is 30.3 Å². The van der Waals surface area contributed by atoms with Gasteiger partial charge in [0.05, 0.1) is 12.0 Å².